The standard InChI is InChI=1S/C4H6N2OS.2ClH/c5-2-3-1-4(7)6-8-3;;/h1H,2,5H2,(H,6,7);2*1H. The highest BCUT2D eigenvalue weighted by molar-refractivity contribution is 7.05. The molecule has 0 saturated heterocycles. The molecule has 1 aromatic heterocycles. The van der Waals surface area contributed by atoms with E-state index in [1.165, 1.54) is 17.6 Å². The van der Waals surface area contributed by atoms with Crippen LogP contribution in [0.1, 0.15) is 4.88 Å². The Kier molecular flexibility index (Phi) is 7.24. The molecule has 6 heteroatoms. The van der Waals surface area contributed by atoms with Crippen molar-refractivity contribution in [3.63, 3.8) is 0 Å². The maximum Gasteiger partial charge on any atom is 0.258 e. The van der Waals surface area contributed by atoms with E-state index >= 15 is 0 Å². The Bertz CT molecular complexity index is 221. The van der Waals surface area contributed by atoms with Crippen LogP contribution in [0, 0.1) is 0 Å². The molecule has 0 saturated carbocycles. The minimum Gasteiger partial charge on any atom is -0.326 e. The van der Waals surface area contributed by atoms with Gasteiger partial charge in [0.2, 0.25) is 0 Å². The predicted molar refractivity (Wildman–Crippen MR) is 47.3 cm³/mol. The lowest BCUT2D eigenvalue weighted by atomic mass is 10.5. The zero-order valence-electron chi connectivity index (χ0n) is 4.99. The van der Waals surface area contributed by atoms with Crippen molar-refractivity contribution in [2.24, 2.45) is 5.73 Å². The molecule has 1 heterocycles. The van der Waals surface area contributed by atoms with Gasteiger partial charge in [0.25, 0.3) is 5.56 Å². The van der Waals surface area contributed by atoms with Gasteiger partial charge >= 0.3 is 0 Å². The average Bonchev–Trinajstić information content (AvgIpc) is 2.14. The lowest BCUT2D eigenvalue weighted by Gasteiger charge is -1.77. The van der Waals surface area contributed by atoms with Crippen molar-refractivity contribution < 1.29 is 0 Å². The fraction of sp³-hybridized carbons (Fsp3) is 0.250. The van der Waals surface area contributed by atoms with Gasteiger partial charge in [-0.15, -0.1) is 24.8 Å². The molecule has 1 rings (SSSR count). The fourth-order valence-electron chi connectivity index (χ4n) is 0.422. The van der Waals surface area contributed by atoms with Crippen molar-refractivity contribution in [3.05, 3.63) is 21.3 Å². The summed E-state index contributed by atoms with van der Waals surface area (Å²) in [5.74, 6) is 0. The highest BCUT2D eigenvalue weighted by atomic mass is 35.5. The molecule has 3 N–H and O–H groups in total. The van der Waals surface area contributed by atoms with Gasteiger partial charge in [-0.3, -0.25) is 9.17 Å². The molecule has 60 valence electrons. The van der Waals surface area contributed by atoms with E-state index in [0.29, 0.717) is 6.54 Å². The van der Waals surface area contributed by atoms with Crippen LogP contribution < -0.4 is 11.3 Å². The van der Waals surface area contributed by atoms with E-state index in [9.17, 15) is 4.79 Å². The van der Waals surface area contributed by atoms with Crippen molar-refractivity contribution in [1.82, 2.24) is 4.37 Å². The zero-order chi connectivity index (χ0) is 5.98. The molecule has 0 bridgehead atoms. The van der Waals surface area contributed by atoms with Gasteiger partial charge in [0.05, 0.1) is 0 Å². The van der Waals surface area contributed by atoms with Crippen molar-refractivity contribution in [2.45, 2.75) is 6.54 Å². The van der Waals surface area contributed by atoms with Gasteiger partial charge in [-0.1, -0.05) is 11.5 Å². The predicted octanol–water partition coefficient (Wildman–Crippen LogP) is 0.739. The maximum absolute atomic E-state index is 10.3. The third kappa shape index (κ3) is 3.22. The van der Waals surface area contributed by atoms with Crippen LogP contribution in [0.3, 0.4) is 0 Å². The number of hydrogen-bond acceptors (Lipinski definition) is 3. The van der Waals surface area contributed by atoms with Crippen molar-refractivity contribution in [3.8, 4) is 0 Å². The summed E-state index contributed by atoms with van der Waals surface area (Å²) in [7, 11) is 0. The average molecular weight is 203 g/mol. The molecule has 10 heavy (non-hydrogen) atoms. The maximum atomic E-state index is 10.3. The third-order valence-electron chi connectivity index (χ3n) is 0.776. The molecule has 3 nitrogen and oxygen atoms in total. The number of rotatable bonds is 1. The van der Waals surface area contributed by atoms with Crippen LogP contribution in [0.2, 0.25) is 0 Å². The summed E-state index contributed by atoms with van der Waals surface area (Å²) in [6, 6.07) is 1.50. The normalized spacial score (nSPS) is 7.70. The van der Waals surface area contributed by atoms with Crippen molar-refractivity contribution >= 4 is 36.3 Å². The first kappa shape index (κ1) is 12.6. The second-order valence-electron chi connectivity index (χ2n) is 1.38. The van der Waals surface area contributed by atoms with E-state index in [1.807, 2.05) is 0 Å². The number of aromatic amines is 1. The lowest BCUT2D eigenvalue weighted by molar-refractivity contribution is 1.11. The van der Waals surface area contributed by atoms with Gasteiger partial charge in [0.15, 0.2) is 0 Å². The van der Waals surface area contributed by atoms with Gasteiger partial charge in [-0.2, -0.15) is 0 Å². The summed E-state index contributed by atoms with van der Waals surface area (Å²) in [5, 5.41) is 0. The monoisotopic (exact) mass is 202 g/mol. The highest BCUT2D eigenvalue weighted by Gasteiger charge is 1.89. The lowest BCUT2D eigenvalue weighted by Crippen LogP contribution is -1.95. The summed E-state index contributed by atoms with van der Waals surface area (Å²) in [6.45, 7) is 0.448. The Labute approximate surface area is 74.6 Å². The van der Waals surface area contributed by atoms with Crippen LogP contribution in [-0.4, -0.2) is 4.37 Å². The molecule has 0 aliphatic carbocycles. The van der Waals surface area contributed by atoms with Gasteiger partial charge in [0.1, 0.15) is 0 Å². The summed E-state index contributed by atoms with van der Waals surface area (Å²) < 4.78 is 2.53. The van der Waals surface area contributed by atoms with Gasteiger partial charge in [-0.05, 0) is 0 Å². The quantitative estimate of drug-likeness (QED) is 0.707. The summed E-state index contributed by atoms with van der Waals surface area (Å²) in [6.07, 6.45) is 0. The van der Waals surface area contributed by atoms with Crippen molar-refractivity contribution in [1.29, 1.82) is 0 Å². The molecule has 0 aliphatic heterocycles. The number of halogens is 2. The molecule has 0 unspecified atom stereocenters. The number of aromatic nitrogens is 1. The minimum absolute atomic E-state index is 0. The number of H-pyrrole nitrogens is 1. The summed E-state index contributed by atoms with van der Waals surface area (Å²) in [5.41, 5.74) is 5.15. The van der Waals surface area contributed by atoms with E-state index in [-0.39, 0.29) is 30.4 Å². The molecule has 0 radical (unpaired) electrons. The molecule has 0 aliphatic rings. The van der Waals surface area contributed by atoms with Crippen LogP contribution >= 0.6 is 36.3 Å². The van der Waals surface area contributed by atoms with Gasteiger partial charge in [-0.25, -0.2) is 0 Å². The van der Waals surface area contributed by atoms with E-state index in [2.05, 4.69) is 4.37 Å². The molecule has 0 aromatic carbocycles. The van der Waals surface area contributed by atoms with Crippen molar-refractivity contribution in [2.75, 3.05) is 0 Å². The topological polar surface area (TPSA) is 58.9 Å². The Morgan fingerprint density at radius 1 is 1.60 bits per heavy atom. The van der Waals surface area contributed by atoms with Crippen LogP contribution in [0.4, 0.5) is 0 Å². The van der Waals surface area contributed by atoms with E-state index in [4.69, 9.17) is 5.73 Å². The minimum atomic E-state index is -0.0598. The molecule has 0 atom stereocenters. The number of nitrogens with one attached hydrogen (secondary N) is 1. The van der Waals surface area contributed by atoms with Gasteiger partial charge < -0.3 is 5.73 Å². The van der Waals surface area contributed by atoms with Crippen LogP contribution in [0.5, 0.6) is 0 Å². The first-order valence-electron chi connectivity index (χ1n) is 2.20. The Morgan fingerprint density at radius 2 is 2.20 bits per heavy atom. The molecule has 0 spiro atoms. The Balaban J connectivity index is 0. The Morgan fingerprint density at radius 3 is 2.40 bits per heavy atom. The SMILES string of the molecule is Cl.Cl.NCc1cc(=O)[nH]s1. The van der Waals surface area contributed by atoms with Crippen LogP contribution in [0.15, 0.2) is 10.9 Å². The highest BCUT2D eigenvalue weighted by Crippen LogP contribution is 1.96. The Hall–Kier alpha value is -0.0300. The van der Waals surface area contributed by atoms with Crippen LogP contribution in [-0.2, 0) is 6.54 Å². The van der Waals surface area contributed by atoms with E-state index in [0.717, 1.165) is 4.88 Å². The molecular weight excluding hydrogens is 195 g/mol. The first-order valence-corrected chi connectivity index (χ1v) is 3.02. The second kappa shape index (κ2) is 5.73. The van der Waals surface area contributed by atoms with Crippen LogP contribution in [0.25, 0.3) is 0 Å². The van der Waals surface area contributed by atoms with Gasteiger partial charge in [0, 0.05) is 17.5 Å². The molecule has 1 aromatic rings. The largest absolute Gasteiger partial charge is 0.326 e. The summed E-state index contributed by atoms with van der Waals surface area (Å²) in [4.78, 5) is 11.2. The molecular formula is C4H8Cl2N2OS. The first-order chi connectivity index (χ1) is 3.83. The number of hydrogen-bond donors (Lipinski definition) is 2. The molecule has 0 fully saturated rings. The zero-order valence-corrected chi connectivity index (χ0v) is 7.44. The summed E-state index contributed by atoms with van der Waals surface area (Å²) >= 11 is 1.29. The second-order valence-corrected chi connectivity index (χ2v) is 2.32. The third-order valence-corrected chi connectivity index (χ3v) is 1.63. The smallest absolute Gasteiger partial charge is 0.258 e. The van der Waals surface area contributed by atoms with E-state index < -0.39 is 0 Å². The fourth-order valence-corrected chi connectivity index (χ4v) is 0.961. The molecule has 0 amide bonds. The number of nitrogens with two attached hydrogens (primary N) is 1. The van der Waals surface area contributed by atoms with E-state index in [1.54, 1.807) is 0 Å².